The molecule has 0 aliphatic heterocycles. The van der Waals surface area contributed by atoms with E-state index in [1.165, 1.54) is 62.8 Å². The van der Waals surface area contributed by atoms with Crippen LogP contribution in [0.15, 0.2) is 314 Å². The molecule has 0 saturated heterocycles. The summed E-state index contributed by atoms with van der Waals surface area (Å²) in [4.78, 5) is 46.1. The number of hydrogen-bond donors (Lipinski definition) is 1. The lowest BCUT2D eigenvalue weighted by Gasteiger charge is -2.19. The first kappa shape index (κ1) is 113. The highest BCUT2D eigenvalue weighted by Crippen LogP contribution is 2.52. The van der Waals surface area contributed by atoms with Crippen molar-refractivity contribution in [2.45, 2.75) is 122 Å². The predicted molar refractivity (Wildman–Crippen MR) is 610 cm³/mol. The number of hydrogen-bond acceptors (Lipinski definition) is 13. The van der Waals surface area contributed by atoms with Crippen LogP contribution in [0.4, 0.5) is 0 Å². The monoisotopic (exact) mass is 2080 g/mol. The number of carbonyl (C=O) groups excluding carboxylic acids is 3. The van der Waals surface area contributed by atoms with Gasteiger partial charge in [-0.1, -0.05) is 297 Å². The summed E-state index contributed by atoms with van der Waals surface area (Å²) < 4.78 is 37.5. The SMILES string of the molecule is C.C.C.CC/C(=C(\C1=C(C#N)c2ccccc2C1)c1ccc(/C=C/C(=O)O)cc1)c1ccc(OC)cc1Cl.CCOC(=O)/C=C/c1ccc(/C(C2=C(Br)c3ccccc3C2)=C(/CC)c2ccc(OC)cc2Cl)cc1.CCOC(=O)/C=C/c1ccc(/C(C2=C(C#N)c3ccccc3C2)=C(/CC)c2ccc(OC)cc2Cl)cc1.CCOC(=O)/C=C/c1ccc(/C(C2=Cc3ccccc3C2)=C(/CC)c2ccc(OC)cc2Cl)cc1. The van der Waals surface area contributed by atoms with Crippen molar-refractivity contribution in [1.29, 1.82) is 10.5 Å². The number of methoxy groups -OCH3 is 4. The van der Waals surface area contributed by atoms with Crippen molar-refractivity contribution in [3.8, 4) is 35.1 Å². The van der Waals surface area contributed by atoms with Gasteiger partial charge >= 0.3 is 23.9 Å². The first-order valence-electron chi connectivity index (χ1n) is 47.3. The molecule has 0 aromatic heterocycles. The minimum absolute atomic E-state index is 0. The number of ether oxygens (including phenoxy) is 7. The number of nitrogens with zero attached hydrogens (tertiary/aromatic N) is 2. The molecule has 0 heterocycles. The number of benzene rings is 12. The molecule has 16 rings (SSSR count). The maximum Gasteiger partial charge on any atom is 0.330 e. The third-order valence-electron chi connectivity index (χ3n) is 25.0. The Kier molecular flexibility index (Phi) is 42.5. The predicted octanol–water partition coefficient (Wildman–Crippen LogP) is 33.5. The maximum atomic E-state index is 11.7. The first-order chi connectivity index (χ1) is 69.5. The fourth-order valence-corrected chi connectivity index (χ4v) is 20.1. The van der Waals surface area contributed by atoms with Crippen LogP contribution in [-0.4, -0.2) is 77.2 Å². The van der Waals surface area contributed by atoms with E-state index in [9.17, 15) is 29.7 Å². The van der Waals surface area contributed by atoms with E-state index in [-0.39, 0.29) is 40.2 Å². The van der Waals surface area contributed by atoms with Gasteiger partial charge in [0.1, 0.15) is 35.1 Å². The van der Waals surface area contributed by atoms with Crippen LogP contribution >= 0.6 is 62.3 Å². The molecule has 146 heavy (non-hydrogen) atoms. The lowest BCUT2D eigenvalue weighted by Crippen LogP contribution is -1.99. The van der Waals surface area contributed by atoms with Crippen LogP contribution in [0.2, 0.25) is 20.1 Å². The van der Waals surface area contributed by atoms with Crippen molar-refractivity contribution >= 4 is 177 Å². The minimum Gasteiger partial charge on any atom is -0.497 e. The normalized spacial score (nSPS) is 13.1. The highest BCUT2D eigenvalue weighted by molar-refractivity contribution is 9.15. The maximum absolute atomic E-state index is 11.7. The van der Waals surface area contributed by atoms with E-state index in [1.54, 1.807) is 79.6 Å². The summed E-state index contributed by atoms with van der Waals surface area (Å²) in [5.74, 6) is 0.778. The largest absolute Gasteiger partial charge is 0.497 e. The number of fused-ring (bicyclic) bond motifs is 4. The van der Waals surface area contributed by atoms with E-state index < -0.39 is 5.97 Å². The average Bonchev–Trinajstić information content (AvgIpc) is 1.62. The van der Waals surface area contributed by atoms with Gasteiger partial charge in [-0.05, 0) is 350 Å². The zero-order valence-electron chi connectivity index (χ0n) is 81.6. The fraction of sp³-hybridized carbons (Fsp3) is 0.197. The molecule has 0 atom stereocenters. The summed E-state index contributed by atoms with van der Waals surface area (Å²) >= 11 is 30.9. The lowest BCUT2D eigenvalue weighted by molar-refractivity contribution is -0.138. The molecule has 0 saturated carbocycles. The molecule has 746 valence electrons. The van der Waals surface area contributed by atoms with Crippen LogP contribution in [0.3, 0.4) is 0 Å². The third-order valence-corrected chi connectivity index (χ3v) is 27.1. The molecule has 0 radical (unpaired) electrons. The molecular formula is C127H121BrCl4N2O12. The summed E-state index contributed by atoms with van der Waals surface area (Å²) in [5.41, 5.74) is 35.3. The second-order valence-corrected chi connectivity index (χ2v) is 35.8. The summed E-state index contributed by atoms with van der Waals surface area (Å²) in [6.45, 7) is 14.9. The lowest BCUT2D eigenvalue weighted by atomic mass is 9.85. The van der Waals surface area contributed by atoms with Crippen LogP contribution in [-0.2, 0) is 59.1 Å². The molecule has 0 unspecified atom stereocenters. The molecule has 14 nitrogen and oxygen atoms in total. The third kappa shape index (κ3) is 27.4. The summed E-state index contributed by atoms with van der Waals surface area (Å²) in [6, 6.07) is 93.2. The number of halogens is 5. The average molecular weight is 2090 g/mol. The number of nitriles is 2. The van der Waals surface area contributed by atoms with Crippen LogP contribution in [0.1, 0.15) is 208 Å². The van der Waals surface area contributed by atoms with Gasteiger partial charge in [0.05, 0.1) is 79.5 Å². The Morgan fingerprint density at radius 2 is 0.616 bits per heavy atom. The van der Waals surface area contributed by atoms with E-state index in [4.69, 9.17) is 84.7 Å². The number of carboxylic acids is 1. The number of carboxylic acid groups (broad SMARTS) is 1. The van der Waals surface area contributed by atoms with Gasteiger partial charge in [-0.15, -0.1) is 0 Å². The molecule has 12 aromatic carbocycles. The number of allylic oxidation sites excluding steroid dienone is 14. The van der Waals surface area contributed by atoms with Crippen molar-refractivity contribution in [2.75, 3.05) is 48.3 Å². The van der Waals surface area contributed by atoms with E-state index >= 15 is 0 Å². The van der Waals surface area contributed by atoms with Gasteiger partial charge in [0.2, 0.25) is 0 Å². The van der Waals surface area contributed by atoms with E-state index in [2.05, 4.69) is 147 Å². The van der Waals surface area contributed by atoms with Crippen LogP contribution in [0.5, 0.6) is 23.0 Å². The van der Waals surface area contributed by atoms with Crippen LogP contribution < -0.4 is 18.9 Å². The highest BCUT2D eigenvalue weighted by atomic mass is 79.9. The van der Waals surface area contributed by atoms with Gasteiger partial charge in [0, 0.05) is 41.6 Å². The van der Waals surface area contributed by atoms with Crippen molar-refractivity contribution in [3.05, 3.63) is 445 Å². The zero-order chi connectivity index (χ0) is 102. The molecule has 1 N–H and O–H groups in total. The molecule has 12 aromatic rings. The topological polar surface area (TPSA) is 201 Å². The Hall–Kier alpha value is -14.8. The molecule has 0 amide bonds. The molecule has 4 aliphatic rings. The molecule has 19 heteroatoms. The summed E-state index contributed by atoms with van der Waals surface area (Å²) in [5, 5.41) is 31.8. The molecule has 0 spiro atoms. The number of rotatable bonds is 31. The van der Waals surface area contributed by atoms with Crippen molar-refractivity contribution < 1.29 is 57.4 Å². The quantitative estimate of drug-likeness (QED) is 0.0186. The fourth-order valence-electron chi connectivity index (χ4n) is 18.3. The molecular weight excluding hydrogens is 1970 g/mol. The number of carbonyl (C=O) groups is 4. The van der Waals surface area contributed by atoms with E-state index in [1.807, 2.05) is 176 Å². The van der Waals surface area contributed by atoms with Crippen molar-refractivity contribution in [3.63, 3.8) is 0 Å². The number of aliphatic carboxylic acids is 1. The van der Waals surface area contributed by atoms with Crippen LogP contribution in [0.25, 0.3) is 90.6 Å². The Labute approximate surface area is 888 Å². The van der Waals surface area contributed by atoms with E-state index in [0.717, 1.165) is 181 Å². The van der Waals surface area contributed by atoms with E-state index in [0.29, 0.717) is 88.2 Å². The van der Waals surface area contributed by atoms with Crippen molar-refractivity contribution in [1.82, 2.24) is 0 Å². The van der Waals surface area contributed by atoms with Gasteiger partial charge < -0.3 is 38.3 Å². The second kappa shape index (κ2) is 54.8. The summed E-state index contributed by atoms with van der Waals surface area (Å²) in [7, 11) is 6.51. The number of esters is 3. The molecule has 0 fully saturated rings. The van der Waals surface area contributed by atoms with Gasteiger partial charge in [-0.2, -0.15) is 10.5 Å². The Morgan fingerprint density at radius 3 is 0.904 bits per heavy atom. The smallest absolute Gasteiger partial charge is 0.330 e. The van der Waals surface area contributed by atoms with Crippen LogP contribution in [0, 0.1) is 22.7 Å². The second-order valence-electron chi connectivity index (χ2n) is 33.4. The van der Waals surface area contributed by atoms with Gasteiger partial charge in [0.25, 0.3) is 0 Å². The zero-order valence-corrected chi connectivity index (χ0v) is 86.2. The molecule has 0 bridgehead atoms. The first-order valence-corrected chi connectivity index (χ1v) is 49.6. The van der Waals surface area contributed by atoms with Gasteiger partial charge in [-0.3, -0.25) is 0 Å². The van der Waals surface area contributed by atoms with Crippen molar-refractivity contribution in [2.24, 2.45) is 0 Å². The highest BCUT2D eigenvalue weighted by Gasteiger charge is 2.32. The summed E-state index contributed by atoms with van der Waals surface area (Å²) in [6.07, 6.45) is 20.6. The molecule has 4 aliphatic carbocycles. The Bertz CT molecular complexity index is 7290. The minimum atomic E-state index is -0.996. The Balaban J connectivity index is 0.000000198. The van der Waals surface area contributed by atoms with Gasteiger partial charge in [0.15, 0.2) is 0 Å². The van der Waals surface area contributed by atoms with Gasteiger partial charge in [-0.25, -0.2) is 19.2 Å². The Morgan fingerprint density at radius 1 is 0.342 bits per heavy atom. The standard InChI is InChI=1S/C32H28ClNO3.C31H28BrClO3.C31H29ClO3.C30H24ClNO3.3CH4/c1-4-25(27-16-15-24(36-3)19-30(27)33)32(28-18-23-8-6-7-9-26(23)29(28)20-34)22-13-10-21(11-14-22)12-17-31(35)37-5-2;1-4-24(26-16-15-23(35-3)19-28(26)33)30(27-18-22-8-6-7-9-25(22)31(27)32)21-13-10-20(11-14-21)12-17-29(34)36-5-2;1-4-27(28-16-15-26(34-3)20-29(28)32)31(25-18-23-8-6-7-9-24(23)19-25)22-13-10-21(11-14-22)12-17-30(33)35-5-2;1-3-23(25-14-13-22(35-2)17-28(25)31)30(20-11-8-19(9-12-20)10-15-29(33)34)26-16-21-6-4-5-7-24(21)27(26)18-32;;;/h6-17,19H,4-5,18H2,1-3H3;6-17,19H,4-5,18H2,1-3H3;6-18,20H,4-5,19H2,1-3H3;4-15,17H,3,16H2,1-2H3,(H,33,34);3*1H4/b17-12+,32-25+;17-12+,30-24+;17-12+,31-27+;15-10+,30-23+;;;.